The molecule has 2 heteroatoms. The van der Waals surface area contributed by atoms with E-state index >= 15 is 0 Å². The normalized spacial score (nSPS) is 42.7. The summed E-state index contributed by atoms with van der Waals surface area (Å²) < 4.78 is 0. The molecule has 0 aliphatic heterocycles. The van der Waals surface area contributed by atoms with E-state index in [1.165, 1.54) is 0 Å². The summed E-state index contributed by atoms with van der Waals surface area (Å²) in [7, 11) is 0. The molecule has 3 atom stereocenters. The fourth-order valence-electron chi connectivity index (χ4n) is 2.04. The highest BCUT2D eigenvalue weighted by molar-refractivity contribution is 6.64. The summed E-state index contributed by atoms with van der Waals surface area (Å²) in [6.07, 6.45) is 6.49. The first-order valence-corrected chi connectivity index (χ1v) is 4.03. The monoisotopic (exact) mass is 156 g/mol. The van der Waals surface area contributed by atoms with Gasteiger partial charge in [0, 0.05) is 5.92 Å². The van der Waals surface area contributed by atoms with Gasteiger partial charge in [-0.25, -0.2) is 0 Å². The van der Waals surface area contributed by atoms with Crippen molar-refractivity contribution < 1.29 is 4.79 Å². The maximum Gasteiger partial charge on any atom is 0.225 e. The van der Waals surface area contributed by atoms with E-state index in [1.807, 2.05) is 0 Å². The van der Waals surface area contributed by atoms with E-state index in [4.69, 9.17) is 11.6 Å². The van der Waals surface area contributed by atoms with Crippen LogP contribution in [0.3, 0.4) is 0 Å². The second kappa shape index (κ2) is 2.09. The van der Waals surface area contributed by atoms with Crippen LogP contribution in [-0.4, -0.2) is 5.24 Å². The molecule has 0 saturated heterocycles. The van der Waals surface area contributed by atoms with Crippen molar-refractivity contribution in [1.29, 1.82) is 0 Å². The van der Waals surface area contributed by atoms with Crippen molar-refractivity contribution in [2.24, 2.45) is 17.8 Å². The highest BCUT2D eigenvalue weighted by Crippen LogP contribution is 2.44. The first kappa shape index (κ1) is 6.41. The van der Waals surface area contributed by atoms with Crippen LogP contribution in [-0.2, 0) is 4.79 Å². The molecule has 0 heterocycles. The Balaban J connectivity index is 2.16. The van der Waals surface area contributed by atoms with Gasteiger partial charge in [0.15, 0.2) is 0 Å². The average Bonchev–Trinajstić information content (AvgIpc) is 2.44. The number of rotatable bonds is 1. The first-order valence-electron chi connectivity index (χ1n) is 3.65. The molecule has 0 radical (unpaired) electrons. The number of hydrogen-bond acceptors (Lipinski definition) is 1. The number of hydrogen-bond donors (Lipinski definition) is 0. The molecule has 54 valence electrons. The molecule has 0 amide bonds. The van der Waals surface area contributed by atoms with Crippen LogP contribution in [0.2, 0.25) is 0 Å². The predicted octanol–water partition coefficient (Wildman–Crippen LogP) is 1.96. The Morgan fingerprint density at radius 1 is 1.40 bits per heavy atom. The third-order valence-electron chi connectivity index (χ3n) is 2.57. The van der Waals surface area contributed by atoms with Gasteiger partial charge in [-0.1, -0.05) is 12.2 Å². The van der Waals surface area contributed by atoms with Gasteiger partial charge in [0.05, 0.1) is 0 Å². The number of allylic oxidation sites excluding steroid dienone is 2. The molecule has 1 unspecified atom stereocenters. The molecule has 1 nitrogen and oxygen atoms in total. The molecular formula is C8H9ClO. The SMILES string of the molecule is O=C(Cl)C1C[C@@H]2C=C[C@H]1C2. The van der Waals surface area contributed by atoms with Gasteiger partial charge >= 0.3 is 0 Å². The smallest absolute Gasteiger partial charge is 0.225 e. The van der Waals surface area contributed by atoms with Crippen LogP contribution in [0.5, 0.6) is 0 Å². The van der Waals surface area contributed by atoms with Crippen LogP contribution in [0.25, 0.3) is 0 Å². The summed E-state index contributed by atoms with van der Waals surface area (Å²) in [6, 6.07) is 0. The summed E-state index contributed by atoms with van der Waals surface area (Å²) in [6.45, 7) is 0. The number of carbonyl (C=O) groups is 1. The zero-order chi connectivity index (χ0) is 7.14. The Bertz CT molecular complexity index is 197. The molecule has 2 aliphatic rings. The van der Waals surface area contributed by atoms with Gasteiger partial charge in [-0.3, -0.25) is 4.79 Å². The molecule has 0 aromatic heterocycles. The Labute approximate surface area is 65.1 Å². The molecule has 1 saturated carbocycles. The largest absolute Gasteiger partial charge is 0.281 e. The Morgan fingerprint density at radius 2 is 2.20 bits per heavy atom. The summed E-state index contributed by atoms with van der Waals surface area (Å²) in [4.78, 5) is 10.8. The fraction of sp³-hybridized carbons (Fsp3) is 0.625. The van der Waals surface area contributed by atoms with Gasteiger partial charge in [-0.15, -0.1) is 0 Å². The summed E-state index contributed by atoms with van der Waals surface area (Å²) >= 11 is 5.41. The lowest BCUT2D eigenvalue weighted by atomic mass is 9.95. The van der Waals surface area contributed by atoms with E-state index in [0.29, 0.717) is 11.8 Å². The first-order chi connectivity index (χ1) is 4.77. The van der Waals surface area contributed by atoms with E-state index in [0.717, 1.165) is 12.8 Å². The van der Waals surface area contributed by atoms with Gasteiger partial charge in [0.1, 0.15) is 0 Å². The van der Waals surface area contributed by atoms with E-state index in [2.05, 4.69) is 12.2 Å². The second-order valence-corrected chi connectivity index (χ2v) is 3.56. The third kappa shape index (κ3) is 0.807. The topological polar surface area (TPSA) is 17.1 Å². The summed E-state index contributed by atoms with van der Waals surface area (Å²) in [5.41, 5.74) is 0. The van der Waals surface area contributed by atoms with Crippen molar-refractivity contribution in [3.05, 3.63) is 12.2 Å². The predicted molar refractivity (Wildman–Crippen MR) is 39.7 cm³/mol. The van der Waals surface area contributed by atoms with Crippen LogP contribution in [0.4, 0.5) is 0 Å². The van der Waals surface area contributed by atoms with Crippen LogP contribution in [0.15, 0.2) is 12.2 Å². The summed E-state index contributed by atoms with van der Waals surface area (Å²) in [5.74, 6) is 1.25. The maximum absolute atomic E-state index is 10.8. The highest BCUT2D eigenvalue weighted by Gasteiger charge is 2.38. The van der Waals surface area contributed by atoms with E-state index < -0.39 is 0 Å². The van der Waals surface area contributed by atoms with E-state index in [-0.39, 0.29) is 11.2 Å². The zero-order valence-corrected chi connectivity index (χ0v) is 6.34. The molecular weight excluding hydrogens is 148 g/mol. The molecule has 2 rings (SSSR count). The van der Waals surface area contributed by atoms with Gasteiger partial charge < -0.3 is 0 Å². The minimum Gasteiger partial charge on any atom is -0.281 e. The molecule has 0 aromatic rings. The second-order valence-electron chi connectivity index (χ2n) is 3.19. The Kier molecular flexibility index (Phi) is 1.34. The molecule has 0 spiro atoms. The third-order valence-corrected chi connectivity index (χ3v) is 2.85. The molecule has 2 aliphatic carbocycles. The maximum atomic E-state index is 10.8. The van der Waals surface area contributed by atoms with Crippen LogP contribution >= 0.6 is 11.6 Å². The van der Waals surface area contributed by atoms with Crippen molar-refractivity contribution in [2.45, 2.75) is 12.8 Å². The van der Waals surface area contributed by atoms with E-state index in [9.17, 15) is 4.79 Å². The minimum absolute atomic E-state index is 0.136. The molecule has 2 bridgehead atoms. The minimum atomic E-state index is -0.142. The standard InChI is InChI=1S/C8H9ClO/c9-8(10)7-4-5-1-2-6(7)3-5/h1-2,5-7H,3-4H2/t5-,6+,7?/m1/s1. The van der Waals surface area contributed by atoms with E-state index in [1.54, 1.807) is 0 Å². The van der Waals surface area contributed by atoms with Crippen molar-refractivity contribution in [1.82, 2.24) is 0 Å². The highest BCUT2D eigenvalue weighted by atomic mass is 35.5. The van der Waals surface area contributed by atoms with Crippen LogP contribution < -0.4 is 0 Å². The number of halogens is 1. The molecule has 1 fully saturated rings. The molecule has 0 N–H and O–H groups in total. The quantitative estimate of drug-likeness (QED) is 0.419. The van der Waals surface area contributed by atoms with Gasteiger partial charge in [-0.05, 0) is 36.3 Å². The number of carbonyl (C=O) groups excluding carboxylic acids is 1. The van der Waals surface area contributed by atoms with Gasteiger partial charge in [0.25, 0.3) is 0 Å². The number of fused-ring (bicyclic) bond motifs is 2. The zero-order valence-electron chi connectivity index (χ0n) is 5.59. The Hall–Kier alpha value is -0.300. The lowest BCUT2D eigenvalue weighted by Gasteiger charge is -2.11. The van der Waals surface area contributed by atoms with Crippen molar-refractivity contribution in [2.75, 3.05) is 0 Å². The van der Waals surface area contributed by atoms with Crippen molar-refractivity contribution >= 4 is 16.8 Å². The van der Waals surface area contributed by atoms with Crippen molar-refractivity contribution in [3.63, 3.8) is 0 Å². The lowest BCUT2D eigenvalue weighted by molar-refractivity contribution is -0.115. The van der Waals surface area contributed by atoms with Gasteiger partial charge in [0.2, 0.25) is 5.24 Å². The fourth-order valence-corrected chi connectivity index (χ4v) is 2.29. The van der Waals surface area contributed by atoms with Crippen LogP contribution in [0.1, 0.15) is 12.8 Å². The lowest BCUT2D eigenvalue weighted by Crippen LogP contribution is -2.13. The van der Waals surface area contributed by atoms with Crippen LogP contribution in [0, 0.1) is 17.8 Å². The Morgan fingerprint density at radius 3 is 2.50 bits per heavy atom. The van der Waals surface area contributed by atoms with Crippen molar-refractivity contribution in [3.8, 4) is 0 Å². The summed E-state index contributed by atoms with van der Waals surface area (Å²) in [5, 5.41) is -0.142. The molecule has 10 heavy (non-hydrogen) atoms. The van der Waals surface area contributed by atoms with Gasteiger partial charge in [-0.2, -0.15) is 0 Å². The average molecular weight is 157 g/mol. The molecule has 0 aromatic carbocycles.